The normalized spacial score (nSPS) is 15.3. The number of allylic oxidation sites excluding steroid dienone is 4. The van der Waals surface area contributed by atoms with E-state index in [-0.39, 0.29) is 0 Å². The van der Waals surface area contributed by atoms with E-state index >= 15 is 0 Å². The zero-order chi connectivity index (χ0) is 10.8. The van der Waals surface area contributed by atoms with Gasteiger partial charge in [-0.15, -0.1) is 13.2 Å². The van der Waals surface area contributed by atoms with E-state index in [9.17, 15) is 0 Å². The Kier molecular flexibility index (Phi) is 8.31. The molecule has 0 rings (SSSR count). The number of hydrogen-bond donors (Lipinski definition) is 0. The summed E-state index contributed by atoms with van der Waals surface area (Å²) in [5, 5.41) is 0. The van der Waals surface area contributed by atoms with Gasteiger partial charge in [0.2, 0.25) is 0 Å². The van der Waals surface area contributed by atoms with E-state index in [2.05, 4.69) is 51.3 Å². The second-order valence-corrected chi connectivity index (χ2v) is 3.75. The molecule has 2 atom stereocenters. The van der Waals surface area contributed by atoms with Crippen molar-refractivity contribution >= 4 is 0 Å². The highest BCUT2D eigenvalue weighted by atomic mass is 14.1. The van der Waals surface area contributed by atoms with Crippen LogP contribution in [-0.4, -0.2) is 0 Å². The first-order valence-electron chi connectivity index (χ1n) is 5.68. The molecule has 80 valence electrons. The van der Waals surface area contributed by atoms with Crippen LogP contribution in [0.5, 0.6) is 0 Å². The molecule has 0 N–H and O–H groups in total. The topological polar surface area (TPSA) is 0 Å². The fraction of sp³-hybridized carbons (Fsp3) is 0.571. The Morgan fingerprint density at radius 3 is 2.07 bits per heavy atom. The summed E-state index contributed by atoms with van der Waals surface area (Å²) in [6.45, 7) is 12.1. The minimum Gasteiger partial charge on any atom is -0.103 e. The number of hydrogen-bond acceptors (Lipinski definition) is 0. The van der Waals surface area contributed by atoms with Crippen molar-refractivity contribution in [2.75, 3.05) is 0 Å². The van der Waals surface area contributed by atoms with Gasteiger partial charge in [-0.2, -0.15) is 0 Å². The first-order chi connectivity index (χ1) is 6.78. The third kappa shape index (κ3) is 5.80. The van der Waals surface area contributed by atoms with Crippen molar-refractivity contribution in [2.45, 2.75) is 39.5 Å². The Morgan fingerprint density at radius 2 is 1.64 bits per heavy atom. The van der Waals surface area contributed by atoms with Crippen molar-refractivity contribution in [1.29, 1.82) is 0 Å². The van der Waals surface area contributed by atoms with Crippen LogP contribution < -0.4 is 0 Å². The molecule has 2 unspecified atom stereocenters. The highest BCUT2D eigenvalue weighted by Gasteiger charge is 2.08. The second-order valence-electron chi connectivity index (χ2n) is 3.75. The van der Waals surface area contributed by atoms with Crippen molar-refractivity contribution in [1.82, 2.24) is 0 Å². The van der Waals surface area contributed by atoms with E-state index in [0.717, 1.165) is 12.8 Å². The van der Waals surface area contributed by atoms with Crippen LogP contribution >= 0.6 is 0 Å². The standard InChI is InChI=1S/C14H24/c1-5-9-10-11-14(8-4)12-13(6-2)7-3/h6,8-10,13-14H,2,4-5,7,11-12H2,1,3H3/b10-9-. The molecule has 14 heavy (non-hydrogen) atoms. The average Bonchev–Trinajstić information content (AvgIpc) is 2.23. The van der Waals surface area contributed by atoms with Crippen LogP contribution in [0.3, 0.4) is 0 Å². The summed E-state index contributed by atoms with van der Waals surface area (Å²) < 4.78 is 0. The van der Waals surface area contributed by atoms with Gasteiger partial charge in [0, 0.05) is 0 Å². The summed E-state index contributed by atoms with van der Waals surface area (Å²) in [4.78, 5) is 0. The average molecular weight is 192 g/mol. The first-order valence-corrected chi connectivity index (χ1v) is 5.68. The Labute approximate surface area is 89.4 Å². The zero-order valence-corrected chi connectivity index (χ0v) is 9.71. The van der Waals surface area contributed by atoms with Gasteiger partial charge in [-0.3, -0.25) is 0 Å². The Balaban J connectivity index is 3.94. The summed E-state index contributed by atoms with van der Waals surface area (Å²) in [7, 11) is 0. The molecule has 0 aromatic carbocycles. The maximum atomic E-state index is 3.89. The van der Waals surface area contributed by atoms with Crippen LogP contribution in [0.1, 0.15) is 39.5 Å². The van der Waals surface area contributed by atoms with Gasteiger partial charge in [0.1, 0.15) is 0 Å². The summed E-state index contributed by atoms with van der Waals surface area (Å²) >= 11 is 0. The fourth-order valence-corrected chi connectivity index (χ4v) is 1.54. The maximum Gasteiger partial charge on any atom is -0.0196 e. The lowest BCUT2D eigenvalue weighted by Gasteiger charge is -2.15. The van der Waals surface area contributed by atoms with Crippen molar-refractivity contribution in [3.05, 3.63) is 37.5 Å². The fourth-order valence-electron chi connectivity index (χ4n) is 1.54. The SMILES string of the molecule is C=CC(CC)CC(C=C)C/C=C\CC. The third-order valence-corrected chi connectivity index (χ3v) is 2.64. The monoisotopic (exact) mass is 192 g/mol. The molecule has 0 aromatic rings. The van der Waals surface area contributed by atoms with Gasteiger partial charge in [-0.25, -0.2) is 0 Å². The predicted molar refractivity (Wildman–Crippen MR) is 66.3 cm³/mol. The van der Waals surface area contributed by atoms with E-state index in [1.54, 1.807) is 0 Å². The van der Waals surface area contributed by atoms with Crippen LogP contribution in [0.4, 0.5) is 0 Å². The highest BCUT2D eigenvalue weighted by molar-refractivity contribution is 4.92. The van der Waals surface area contributed by atoms with Gasteiger partial charge in [0.25, 0.3) is 0 Å². The molecular formula is C14H24. The van der Waals surface area contributed by atoms with Crippen LogP contribution in [-0.2, 0) is 0 Å². The molecule has 0 spiro atoms. The van der Waals surface area contributed by atoms with Crippen molar-refractivity contribution in [3.8, 4) is 0 Å². The molecule has 0 aliphatic heterocycles. The minimum absolute atomic E-state index is 0.612. The van der Waals surface area contributed by atoms with Crippen molar-refractivity contribution in [2.24, 2.45) is 11.8 Å². The van der Waals surface area contributed by atoms with Gasteiger partial charge in [0.05, 0.1) is 0 Å². The van der Waals surface area contributed by atoms with Crippen LogP contribution in [0.15, 0.2) is 37.5 Å². The Bertz CT molecular complexity index is 176. The molecule has 0 heterocycles. The first kappa shape index (κ1) is 13.2. The molecule has 0 heteroatoms. The molecule has 0 nitrogen and oxygen atoms in total. The van der Waals surface area contributed by atoms with Crippen LogP contribution in [0, 0.1) is 11.8 Å². The molecule has 0 saturated heterocycles. The maximum absolute atomic E-state index is 3.89. The molecule has 0 radical (unpaired) electrons. The largest absolute Gasteiger partial charge is 0.103 e. The molecule has 0 aromatic heterocycles. The summed E-state index contributed by atoms with van der Waals surface area (Å²) in [6.07, 6.45) is 13.3. The lowest BCUT2D eigenvalue weighted by atomic mass is 9.90. The van der Waals surface area contributed by atoms with Gasteiger partial charge in [0.15, 0.2) is 0 Å². The molecule has 0 amide bonds. The summed E-state index contributed by atoms with van der Waals surface area (Å²) in [5.74, 6) is 1.26. The van der Waals surface area contributed by atoms with E-state index in [4.69, 9.17) is 0 Å². The quantitative estimate of drug-likeness (QED) is 0.487. The van der Waals surface area contributed by atoms with E-state index in [1.807, 2.05) is 0 Å². The third-order valence-electron chi connectivity index (χ3n) is 2.64. The smallest absolute Gasteiger partial charge is 0.0196 e. The van der Waals surface area contributed by atoms with Gasteiger partial charge >= 0.3 is 0 Å². The molecule has 0 bridgehead atoms. The minimum atomic E-state index is 0.612. The summed E-state index contributed by atoms with van der Waals surface area (Å²) in [6, 6.07) is 0. The zero-order valence-electron chi connectivity index (χ0n) is 9.71. The molecule has 0 aliphatic carbocycles. The number of rotatable bonds is 8. The lowest BCUT2D eigenvalue weighted by Crippen LogP contribution is -2.03. The highest BCUT2D eigenvalue weighted by Crippen LogP contribution is 2.20. The Morgan fingerprint density at radius 1 is 1.00 bits per heavy atom. The molecular weight excluding hydrogens is 168 g/mol. The van der Waals surface area contributed by atoms with E-state index in [0.29, 0.717) is 11.8 Å². The predicted octanol–water partition coefficient (Wildman–Crippen LogP) is 4.75. The Hall–Kier alpha value is -0.780. The molecule has 0 fully saturated rings. The van der Waals surface area contributed by atoms with Gasteiger partial charge in [-0.1, -0.05) is 38.2 Å². The van der Waals surface area contributed by atoms with Crippen molar-refractivity contribution in [3.63, 3.8) is 0 Å². The van der Waals surface area contributed by atoms with Gasteiger partial charge < -0.3 is 0 Å². The summed E-state index contributed by atoms with van der Waals surface area (Å²) in [5.41, 5.74) is 0. The van der Waals surface area contributed by atoms with Crippen LogP contribution in [0.25, 0.3) is 0 Å². The van der Waals surface area contributed by atoms with E-state index in [1.165, 1.54) is 12.8 Å². The van der Waals surface area contributed by atoms with E-state index < -0.39 is 0 Å². The van der Waals surface area contributed by atoms with Crippen LogP contribution in [0.2, 0.25) is 0 Å². The molecule has 0 saturated carbocycles. The molecule has 0 aliphatic rings. The second kappa shape index (κ2) is 8.80. The van der Waals surface area contributed by atoms with Gasteiger partial charge in [-0.05, 0) is 37.5 Å². The van der Waals surface area contributed by atoms with Crippen molar-refractivity contribution < 1.29 is 0 Å². The lowest BCUT2D eigenvalue weighted by molar-refractivity contribution is 0.475.